The molecule has 148 valence electrons. The fraction of sp³-hybridized carbons (Fsp3) is 0.222. The highest BCUT2D eigenvalue weighted by Crippen LogP contribution is 2.36. The number of hydrogen-bond acceptors (Lipinski definition) is 5. The van der Waals surface area contributed by atoms with Gasteiger partial charge in [0.05, 0.1) is 36.8 Å². The highest BCUT2D eigenvalue weighted by molar-refractivity contribution is 6.00. The second-order valence-electron chi connectivity index (χ2n) is 5.85. The Morgan fingerprint density at radius 1 is 1.29 bits per heavy atom. The van der Waals surface area contributed by atoms with Crippen molar-refractivity contribution < 1.29 is 32.5 Å². The van der Waals surface area contributed by atoms with Crippen molar-refractivity contribution in [2.45, 2.75) is 13.0 Å². The first kappa shape index (κ1) is 19.5. The molecule has 0 saturated carbocycles. The Bertz CT molecular complexity index is 1010. The minimum absolute atomic E-state index is 0.302. The molecule has 7 nitrogen and oxygen atoms in total. The Hall–Kier alpha value is -3.27. The van der Waals surface area contributed by atoms with Crippen molar-refractivity contribution in [2.24, 2.45) is 7.05 Å². The number of aliphatic hydroxyl groups excluding tert-OH is 1. The SMILES string of the molecule is COC(=O)Nc1cc(-c2ccc(OC(F)(F)F)cc2)c2ncn(C)c2c1CO. The number of nitrogens with one attached hydrogen (secondary N) is 1. The lowest BCUT2D eigenvalue weighted by molar-refractivity contribution is -0.274. The number of carbonyl (C=O) groups excluding carboxylic acids is 1. The van der Waals surface area contributed by atoms with Gasteiger partial charge in [0.25, 0.3) is 0 Å². The molecule has 1 aromatic heterocycles. The molecule has 0 aliphatic carbocycles. The van der Waals surface area contributed by atoms with Gasteiger partial charge in [-0.05, 0) is 23.8 Å². The van der Waals surface area contributed by atoms with Gasteiger partial charge in [0.15, 0.2) is 0 Å². The fourth-order valence-corrected chi connectivity index (χ4v) is 2.90. The highest BCUT2D eigenvalue weighted by Gasteiger charge is 2.31. The normalized spacial score (nSPS) is 11.5. The van der Waals surface area contributed by atoms with E-state index >= 15 is 0 Å². The summed E-state index contributed by atoms with van der Waals surface area (Å²) >= 11 is 0. The third-order valence-corrected chi connectivity index (χ3v) is 4.07. The summed E-state index contributed by atoms with van der Waals surface area (Å²) in [5.41, 5.74) is 2.93. The Balaban J connectivity index is 2.13. The van der Waals surface area contributed by atoms with Gasteiger partial charge < -0.3 is 19.1 Å². The van der Waals surface area contributed by atoms with E-state index in [4.69, 9.17) is 0 Å². The molecule has 0 unspecified atom stereocenters. The molecule has 0 saturated heterocycles. The van der Waals surface area contributed by atoms with Crippen molar-refractivity contribution in [3.05, 3.63) is 42.2 Å². The summed E-state index contributed by atoms with van der Waals surface area (Å²) in [6, 6.07) is 6.85. The summed E-state index contributed by atoms with van der Waals surface area (Å²) in [4.78, 5) is 16.0. The van der Waals surface area contributed by atoms with Crippen LogP contribution in [0.5, 0.6) is 5.75 Å². The zero-order valence-corrected chi connectivity index (χ0v) is 14.9. The number of methoxy groups -OCH3 is 1. The van der Waals surface area contributed by atoms with Gasteiger partial charge >= 0.3 is 12.5 Å². The number of rotatable bonds is 4. The van der Waals surface area contributed by atoms with Crippen LogP contribution in [-0.4, -0.2) is 34.2 Å². The first-order valence-electron chi connectivity index (χ1n) is 8.02. The maximum Gasteiger partial charge on any atom is 0.573 e. The summed E-state index contributed by atoms with van der Waals surface area (Å²) in [5, 5.41) is 12.3. The van der Waals surface area contributed by atoms with Crippen molar-refractivity contribution in [2.75, 3.05) is 12.4 Å². The van der Waals surface area contributed by atoms with E-state index in [0.717, 1.165) is 0 Å². The van der Waals surface area contributed by atoms with Crippen LogP contribution in [0.1, 0.15) is 5.56 Å². The number of hydrogen-bond donors (Lipinski definition) is 2. The van der Waals surface area contributed by atoms with E-state index in [1.165, 1.54) is 37.7 Å². The van der Waals surface area contributed by atoms with E-state index in [2.05, 4.69) is 19.8 Å². The van der Waals surface area contributed by atoms with E-state index in [1.807, 2.05) is 0 Å². The molecule has 0 aliphatic heterocycles. The standard InChI is InChI=1S/C18H16F3N3O4/c1-24-9-22-15-12(10-3-5-11(6-4-10)28-18(19,20)21)7-14(23-17(26)27-2)13(8-25)16(15)24/h3-7,9,25H,8H2,1-2H3,(H,23,26). The molecule has 10 heteroatoms. The first-order valence-corrected chi connectivity index (χ1v) is 8.02. The number of ether oxygens (including phenoxy) is 2. The number of carbonyl (C=O) groups is 1. The zero-order chi connectivity index (χ0) is 20.5. The van der Waals surface area contributed by atoms with Crippen LogP contribution in [0.3, 0.4) is 0 Å². The van der Waals surface area contributed by atoms with Gasteiger partial charge in [-0.3, -0.25) is 5.32 Å². The molecule has 0 fully saturated rings. The van der Waals surface area contributed by atoms with Crippen molar-refractivity contribution in [3.8, 4) is 16.9 Å². The number of amides is 1. The Morgan fingerprint density at radius 3 is 2.54 bits per heavy atom. The number of nitrogens with zero attached hydrogens (tertiary/aromatic N) is 2. The van der Waals surface area contributed by atoms with Crippen molar-refractivity contribution in [1.82, 2.24) is 9.55 Å². The minimum atomic E-state index is -4.78. The number of anilines is 1. The van der Waals surface area contributed by atoms with Crippen molar-refractivity contribution in [3.63, 3.8) is 0 Å². The molecule has 3 rings (SSSR count). The maximum absolute atomic E-state index is 12.4. The molecule has 28 heavy (non-hydrogen) atoms. The van der Waals surface area contributed by atoms with Gasteiger partial charge in [0.1, 0.15) is 5.75 Å². The van der Waals surface area contributed by atoms with Gasteiger partial charge in [-0.2, -0.15) is 0 Å². The smallest absolute Gasteiger partial charge is 0.453 e. The predicted octanol–water partition coefficient (Wildman–Crippen LogP) is 3.81. The molecule has 0 radical (unpaired) electrons. The predicted molar refractivity (Wildman–Crippen MR) is 94.8 cm³/mol. The maximum atomic E-state index is 12.4. The van der Waals surface area contributed by atoms with E-state index in [9.17, 15) is 23.1 Å². The summed E-state index contributed by atoms with van der Waals surface area (Å²) in [7, 11) is 2.93. The number of benzene rings is 2. The highest BCUT2D eigenvalue weighted by atomic mass is 19.4. The summed E-state index contributed by atoms with van der Waals surface area (Å²) in [6.07, 6.45) is -3.97. The van der Waals surface area contributed by atoms with E-state index < -0.39 is 12.5 Å². The van der Waals surface area contributed by atoms with Crippen LogP contribution in [0.2, 0.25) is 0 Å². The first-order chi connectivity index (χ1) is 13.2. The lowest BCUT2D eigenvalue weighted by Crippen LogP contribution is -2.16. The van der Waals surface area contributed by atoms with E-state index in [-0.39, 0.29) is 12.4 Å². The summed E-state index contributed by atoms with van der Waals surface area (Å²) in [6.45, 7) is -0.367. The largest absolute Gasteiger partial charge is 0.573 e. The number of alkyl halides is 3. The third kappa shape index (κ3) is 3.86. The van der Waals surface area contributed by atoms with Crippen LogP contribution in [0.15, 0.2) is 36.7 Å². The second kappa shape index (κ2) is 7.39. The summed E-state index contributed by atoms with van der Waals surface area (Å²) < 4.78 is 47.2. The van der Waals surface area contributed by atoms with Crippen LogP contribution in [0, 0.1) is 0 Å². The molecule has 0 aliphatic rings. The third-order valence-electron chi connectivity index (χ3n) is 4.07. The number of aliphatic hydroxyl groups is 1. The van der Waals surface area contributed by atoms with Crippen molar-refractivity contribution >= 4 is 22.8 Å². The van der Waals surface area contributed by atoms with Gasteiger partial charge in [-0.1, -0.05) is 12.1 Å². The number of halogens is 3. The monoisotopic (exact) mass is 395 g/mol. The zero-order valence-electron chi connectivity index (χ0n) is 14.9. The number of aryl methyl sites for hydroxylation is 1. The Kier molecular flexibility index (Phi) is 5.14. The topological polar surface area (TPSA) is 85.6 Å². The van der Waals surface area contributed by atoms with Crippen LogP contribution in [-0.2, 0) is 18.4 Å². The fourth-order valence-electron chi connectivity index (χ4n) is 2.90. The Morgan fingerprint density at radius 2 is 1.96 bits per heavy atom. The molecule has 0 atom stereocenters. The van der Waals surface area contributed by atoms with Gasteiger partial charge in [-0.25, -0.2) is 9.78 Å². The molecule has 1 amide bonds. The van der Waals surface area contributed by atoms with Crippen LogP contribution in [0.25, 0.3) is 22.2 Å². The number of aromatic nitrogens is 2. The molecule has 0 bridgehead atoms. The lowest BCUT2D eigenvalue weighted by Gasteiger charge is -2.15. The Labute approximate surface area is 157 Å². The molecular weight excluding hydrogens is 379 g/mol. The summed E-state index contributed by atoms with van der Waals surface area (Å²) in [5.74, 6) is -0.353. The molecule has 2 N–H and O–H groups in total. The quantitative estimate of drug-likeness (QED) is 0.702. The van der Waals surface area contributed by atoms with Crippen LogP contribution < -0.4 is 10.1 Å². The number of imidazole rings is 1. The lowest BCUT2D eigenvalue weighted by atomic mass is 9.99. The average Bonchev–Trinajstić information content (AvgIpc) is 3.02. The second-order valence-corrected chi connectivity index (χ2v) is 5.85. The molecule has 1 heterocycles. The molecular formula is C18H16F3N3O4. The van der Waals surface area contributed by atoms with E-state index in [1.54, 1.807) is 17.7 Å². The van der Waals surface area contributed by atoms with Crippen LogP contribution in [0.4, 0.5) is 23.7 Å². The van der Waals surface area contributed by atoms with Crippen molar-refractivity contribution in [1.29, 1.82) is 0 Å². The molecule has 3 aromatic rings. The van der Waals surface area contributed by atoms with Gasteiger partial charge in [0.2, 0.25) is 0 Å². The number of fused-ring (bicyclic) bond motifs is 1. The minimum Gasteiger partial charge on any atom is -0.453 e. The average molecular weight is 395 g/mol. The van der Waals surface area contributed by atoms with Gasteiger partial charge in [-0.15, -0.1) is 13.2 Å². The molecule has 0 spiro atoms. The van der Waals surface area contributed by atoms with Gasteiger partial charge in [0, 0.05) is 18.2 Å². The molecule has 2 aromatic carbocycles. The van der Waals surface area contributed by atoms with Crippen LogP contribution >= 0.6 is 0 Å². The van der Waals surface area contributed by atoms with E-state index in [0.29, 0.717) is 33.4 Å².